The zero-order valence-corrected chi connectivity index (χ0v) is 20.1. The maximum atomic E-state index is 12.1. The summed E-state index contributed by atoms with van der Waals surface area (Å²) in [6.45, 7) is 0.324. The van der Waals surface area contributed by atoms with Crippen LogP contribution < -0.4 is 0 Å². The maximum Gasteiger partial charge on any atom is 0.339 e. The van der Waals surface area contributed by atoms with Crippen LogP contribution in [-0.2, 0) is 4.74 Å². The number of rotatable bonds is 15. The molecular formula is C21H30I2O4. The van der Waals surface area contributed by atoms with Gasteiger partial charge in [0.1, 0.15) is 6.61 Å². The number of benzene rings is 1. The van der Waals surface area contributed by atoms with Crippen molar-refractivity contribution in [2.45, 2.75) is 68.1 Å². The van der Waals surface area contributed by atoms with Crippen LogP contribution in [-0.4, -0.2) is 32.0 Å². The monoisotopic (exact) mass is 600 g/mol. The molecule has 1 atom stereocenters. The summed E-state index contributed by atoms with van der Waals surface area (Å²) < 4.78 is 6.85. The molecule has 0 aliphatic carbocycles. The molecule has 0 aromatic heterocycles. The summed E-state index contributed by atoms with van der Waals surface area (Å²) in [6.07, 6.45) is 12.8. The summed E-state index contributed by atoms with van der Waals surface area (Å²) in [4.78, 5) is 23.3. The molecule has 1 N–H and O–H groups in total. The summed E-state index contributed by atoms with van der Waals surface area (Å²) >= 11 is 4.75. The summed E-state index contributed by atoms with van der Waals surface area (Å²) in [6, 6.07) is 6.17. The second kappa shape index (κ2) is 15.5. The smallest absolute Gasteiger partial charge is 0.339 e. The standard InChI is InChI=1S/C21H30I2O4/c22-15-11-7-5-3-1-2-4-6-8-12-17(23)16-27-21(26)19-14-10-9-13-18(19)20(24)25/h9-10,13-14,17H,1-8,11-12,15-16H2,(H,24,25). The van der Waals surface area contributed by atoms with E-state index in [0.29, 0.717) is 6.61 Å². The van der Waals surface area contributed by atoms with E-state index in [2.05, 4.69) is 45.2 Å². The van der Waals surface area contributed by atoms with E-state index >= 15 is 0 Å². The van der Waals surface area contributed by atoms with Gasteiger partial charge in [-0.2, -0.15) is 0 Å². The topological polar surface area (TPSA) is 63.6 Å². The number of hydrogen-bond donors (Lipinski definition) is 1. The minimum atomic E-state index is -1.11. The number of unbranched alkanes of at least 4 members (excludes halogenated alkanes) is 8. The number of esters is 1. The largest absolute Gasteiger partial charge is 0.478 e. The van der Waals surface area contributed by atoms with E-state index in [0.717, 1.165) is 12.8 Å². The number of carbonyl (C=O) groups excluding carboxylic acids is 1. The number of carbonyl (C=O) groups is 2. The molecule has 1 aromatic carbocycles. The fourth-order valence-electron chi connectivity index (χ4n) is 2.87. The molecular weight excluding hydrogens is 570 g/mol. The lowest BCUT2D eigenvalue weighted by Crippen LogP contribution is -2.16. The molecule has 27 heavy (non-hydrogen) atoms. The van der Waals surface area contributed by atoms with Crippen LogP contribution >= 0.6 is 45.2 Å². The van der Waals surface area contributed by atoms with Crippen LogP contribution in [0.2, 0.25) is 0 Å². The van der Waals surface area contributed by atoms with Crippen LogP contribution in [0, 0.1) is 0 Å². The minimum Gasteiger partial charge on any atom is -0.478 e. The second-order valence-corrected chi connectivity index (χ2v) is 9.55. The molecule has 0 bridgehead atoms. The minimum absolute atomic E-state index is 0.0122. The average molecular weight is 600 g/mol. The van der Waals surface area contributed by atoms with Gasteiger partial charge in [0.15, 0.2) is 0 Å². The molecule has 1 rings (SSSR count). The van der Waals surface area contributed by atoms with Crippen LogP contribution in [0.25, 0.3) is 0 Å². The van der Waals surface area contributed by atoms with Crippen molar-refractivity contribution in [3.63, 3.8) is 0 Å². The lowest BCUT2D eigenvalue weighted by atomic mass is 10.1. The Kier molecular flexibility index (Phi) is 14.2. The number of carboxylic acid groups (broad SMARTS) is 1. The molecule has 4 nitrogen and oxygen atoms in total. The van der Waals surface area contributed by atoms with Gasteiger partial charge in [-0.3, -0.25) is 0 Å². The fraction of sp³-hybridized carbons (Fsp3) is 0.619. The number of carboxylic acids is 1. The summed E-state index contributed by atoms with van der Waals surface area (Å²) in [5.41, 5.74) is 0.105. The molecule has 0 spiro atoms. The van der Waals surface area contributed by atoms with Gasteiger partial charge in [-0.05, 0) is 29.4 Å². The summed E-state index contributed by atoms with van der Waals surface area (Å²) in [5.74, 6) is -1.67. The Bertz CT molecular complexity index is 563. The Morgan fingerprint density at radius 2 is 1.41 bits per heavy atom. The molecule has 1 aromatic rings. The maximum absolute atomic E-state index is 12.1. The first-order valence-electron chi connectivity index (χ1n) is 9.75. The fourth-order valence-corrected chi connectivity index (χ4v) is 4.03. The highest BCUT2D eigenvalue weighted by Gasteiger charge is 2.18. The van der Waals surface area contributed by atoms with Crippen molar-refractivity contribution < 1.29 is 19.4 Å². The van der Waals surface area contributed by atoms with Crippen molar-refractivity contribution in [2.75, 3.05) is 11.0 Å². The van der Waals surface area contributed by atoms with Gasteiger partial charge in [-0.15, -0.1) is 0 Å². The van der Waals surface area contributed by atoms with Crippen molar-refractivity contribution in [2.24, 2.45) is 0 Å². The molecule has 0 fully saturated rings. The van der Waals surface area contributed by atoms with Gasteiger partial charge in [0.25, 0.3) is 0 Å². The van der Waals surface area contributed by atoms with Crippen LogP contribution in [0.5, 0.6) is 0 Å². The van der Waals surface area contributed by atoms with Gasteiger partial charge in [-0.1, -0.05) is 109 Å². The highest BCUT2D eigenvalue weighted by molar-refractivity contribution is 14.1. The third kappa shape index (κ3) is 11.3. The van der Waals surface area contributed by atoms with E-state index in [-0.39, 0.29) is 15.1 Å². The van der Waals surface area contributed by atoms with Crippen molar-refractivity contribution in [1.29, 1.82) is 0 Å². The molecule has 0 heterocycles. The highest BCUT2D eigenvalue weighted by Crippen LogP contribution is 2.17. The van der Waals surface area contributed by atoms with Gasteiger partial charge in [0, 0.05) is 3.92 Å². The lowest BCUT2D eigenvalue weighted by Gasteiger charge is -2.11. The number of ether oxygens (including phenoxy) is 1. The predicted octanol–water partition coefficient (Wildman–Crippen LogP) is 6.68. The van der Waals surface area contributed by atoms with E-state index < -0.39 is 11.9 Å². The first-order valence-corrected chi connectivity index (χ1v) is 12.5. The Balaban J connectivity index is 2.11. The molecule has 0 saturated heterocycles. The molecule has 1 unspecified atom stereocenters. The van der Waals surface area contributed by atoms with Gasteiger partial charge in [0.05, 0.1) is 11.1 Å². The molecule has 152 valence electrons. The zero-order chi connectivity index (χ0) is 19.9. The highest BCUT2D eigenvalue weighted by atomic mass is 127. The van der Waals surface area contributed by atoms with Crippen LogP contribution in [0.15, 0.2) is 24.3 Å². The number of aromatic carboxylic acids is 1. The van der Waals surface area contributed by atoms with E-state index in [1.807, 2.05) is 0 Å². The van der Waals surface area contributed by atoms with Crippen molar-refractivity contribution in [1.82, 2.24) is 0 Å². The van der Waals surface area contributed by atoms with E-state index in [4.69, 9.17) is 9.84 Å². The Hall–Kier alpha value is -0.380. The Morgan fingerprint density at radius 3 is 1.96 bits per heavy atom. The number of alkyl halides is 2. The number of hydrogen-bond acceptors (Lipinski definition) is 3. The van der Waals surface area contributed by atoms with Crippen molar-refractivity contribution in [3.05, 3.63) is 35.4 Å². The van der Waals surface area contributed by atoms with Gasteiger partial charge < -0.3 is 9.84 Å². The Labute approximate surface area is 190 Å². The molecule has 0 aliphatic heterocycles. The Morgan fingerprint density at radius 1 is 0.889 bits per heavy atom. The van der Waals surface area contributed by atoms with Crippen LogP contribution in [0.1, 0.15) is 84.9 Å². The second-order valence-electron chi connectivity index (χ2n) is 6.71. The first kappa shape index (κ1) is 24.7. The zero-order valence-electron chi connectivity index (χ0n) is 15.8. The van der Waals surface area contributed by atoms with E-state index in [9.17, 15) is 9.59 Å². The summed E-state index contributed by atoms with van der Waals surface area (Å²) in [7, 11) is 0. The van der Waals surface area contributed by atoms with Crippen LogP contribution in [0.4, 0.5) is 0 Å². The molecule has 0 aliphatic rings. The van der Waals surface area contributed by atoms with Crippen LogP contribution in [0.3, 0.4) is 0 Å². The SMILES string of the molecule is O=C(O)c1ccccc1C(=O)OCC(I)CCCCCCCCCCCI. The third-order valence-corrected chi connectivity index (χ3v) is 6.17. The van der Waals surface area contributed by atoms with Gasteiger partial charge in [0.2, 0.25) is 0 Å². The molecule has 6 heteroatoms. The van der Waals surface area contributed by atoms with Crippen molar-refractivity contribution in [3.8, 4) is 0 Å². The van der Waals surface area contributed by atoms with Gasteiger partial charge >= 0.3 is 11.9 Å². The third-order valence-electron chi connectivity index (χ3n) is 4.42. The normalized spacial score (nSPS) is 11.9. The average Bonchev–Trinajstić information content (AvgIpc) is 2.67. The van der Waals surface area contributed by atoms with E-state index in [1.54, 1.807) is 12.1 Å². The van der Waals surface area contributed by atoms with E-state index in [1.165, 1.54) is 67.9 Å². The number of halogens is 2. The lowest BCUT2D eigenvalue weighted by molar-refractivity contribution is 0.0497. The molecule has 0 amide bonds. The van der Waals surface area contributed by atoms with Crippen molar-refractivity contribution >= 4 is 57.1 Å². The first-order chi connectivity index (χ1) is 13.1. The summed E-state index contributed by atoms with van der Waals surface area (Å²) in [5, 5.41) is 9.14. The predicted molar refractivity (Wildman–Crippen MR) is 127 cm³/mol. The van der Waals surface area contributed by atoms with Gasteiger partial charge in [-0.25, -0.2) is 9.59 Å². The molecule has 0 saturated carbocycles. The molecule has 0 radical (unpaired) electrons. The quantitative estimate of drug-likeness (QED) is 0.106.